The molecular weight excluding hydrogens is 346 g/mol. The zero-order valence-electron chi connectivity index (χ0n) is 17.1. The van der Waals surface area contributed by atoms with Crippen molar-refractivity contribution in [3.05, 3.63) is 36.0 Å². The maximum atomic E-state index is 12.1. The van der Waals surface area contributed by atoms with Gasteiger partial charge in [0.1, 0.15) is 18.8 Å². The van der Waals surface area contributed by atoms with Crippen LogP contribution >= 0.6 is 0 Å². The highest BCUT2D eigenvalue weighted by atomic mass is 16.6. The lowest BCUT2D eigenvalue weighted by atomic mass is 9.90. The first-order valence-electron chi connectivity index (χ1n) is 9.49. The standard InChI is InChI=1S/C21H33NO5/c1-6-7-8-9-10-11-12-15(2)20-21(19(25-5)16(3)14-26-20)27-18(24)13-22-17(4)23/h8-12,16,19-21H,6-7,13-14H2,1-5H3,(H,22,23)/b9-8+,11-10+,15-12+/t16-,19+,20-,21+/m0/s1. The molecule has 1 aliphatic rings. The number of amides is 1. The van der Waals surface area contributed by atoms with Crippen LogP contribution in [0.1, 0.15) is 40.5 Å². The minimum atomic E-state index is -0.569. The Morgan fingerprint density at radius 1 is 1.19 bits per heavy atom. The van der Waals surface area contributed by atoms with Gasteiger partial charge in [0.05, 0.1) is 6.61 Å². The fourth-order valence-corrected chi connectivity index (χ4v) is 2.92. The zero-order valence-corrected chi connectivity index (χ0v) is 17.1. The number of unbranched alkanes of at least 4 members (excludes halogenated alkanes) is 1. The number of carbonyl (C=O) groups excluding carboxylic acids is 2. The Labute approximate surface area is 162 Å². The fourth-order valence-electron chi connectivity index (χ4n) is 2.92. The van der Waals surface area contributed by atoms with E-state index in [0.717, 1.165) is 18.4 Å². The van der Waals surface area contributed by atoms with Crippen LogP contribution in [0.5, 0.6) is 0 Å². The molecule has 1 fully saturated rings. The molecule has 1 N–H and O–H groups in total. The van der Waals surface area contributed by atoms with E-state index in [1.165, 1.54) is 6.92 Å². The van der Waals surface area contributed by atoms with Gasteiger partial charge in [-0.3, -0.25) is 9.59 Å². The van der Waals surface area contributed by atoms with Crippen LogP contribution < -0.4 is 5.32 Å². The lowest BCUT2D eigenvalue weighted by Crippen LogP contribution is -2.53. The lowest BCUT2D eigenvalue weighted by Gasteiger charge is -2.40. The molecule has 27 heavy (non-hydrogen) atoms. The molecule has 1 saturated heterocycles. The van der Waals surface area contributed by atoms with Crippen LogP contribution in [0.25, 0.3) is 0 Å². The highest BCUT2D eigenvalue weighted by molar-refractivity contribution is 5.80. The predicted octanol–water partition coefficient (Wildman–Crippen LogP) is 2.94. The van der Waals surface area contributed by atoms with E-state index in [2.05, 4.69) is 18.3 Å². The average Bonchev–Trinajstić information content (AvgIpc) is 2.63. The monoisotopic (exact) mass is 379 g/mol. The normalized spacial score (nSPS) is 26.5. The molecule has 0 saturated carbocycles. The van der Waals surface area contributed by atoms with Crippen LogP contribution in [0, 0.1) is 5.92 Å². The molecule has 4 atom stereocenters. The molecule has 0 aromatic carbocycles. The molecule has 1 heterocycles. The van der Waals surface area contributed by atoms with Crippen molar-refractivity contribution in [2.24, 2.45) is 5.92 Å². The quantitative estimate of drug-likeness (QED) is 0.492. The van der Waals surface area contributed by atoms with Gasteiger partial charge >= 0.3 is 5.97 Å². The number of nitrogens with one attached hydrogen (secondary N) is 1. The first kappa shape index (κ1) is 23.1. The summed E-state index contributed by atoms with van der Waals surface area (Å²) >= 11 is 0. The van der Waals surface area contributed by atoms with Crippen molar-refractivity contribution in [2.75, 3.05) is 20.3 Å². The van der Waals surface area contributed by atoms with Crippen molar-refractivity contribution >= 4 is 11.9 Å². The second-order valence-corrected chi connectivity index (χ2v) is 6.81. The van der Waals surface area contributed by atoms with Crippen molar-refractivity contribution in [3.63, 3.8) is 0 Å². The Bertz CT molecular complexity index is 567. The van der Waals surface area contributed by atoms with Gasteiger partial charge in [0.15, 0.2) is 6.10 Å². The predicted molar refractivity (Wildman–Crippen MR) is 105 cm³/mol. The number of allylic oxidation sites excluding steroid dienone is 5. The number of ether oxygens (including phenoxy) is 3. The first-order chi connectivity index (χ1) is 12.9. The van der Waals surface area contributed by atoms with E-state index in [4.69, 9.17) is 14.2 Å². The van der Waals surface area contributed by atoms with Crippen LogP contribution in [0.4, 0.5) is 0 Å². The average molecular weight is 379 g/mol. The third kappa shape index (κ3) is 8.10. The third-order valence-corrected chi connectivity index (χ3v) is 4.36. The van der Waals surface area contributed by atoms with Gasteiger partial charge in [-0.2, -0.15) is 0 Å². The van der Waals surface area contributed by atoms with Crippen LogP contribution in [0.15, 0.2) is 36.0 Å². The molecule has 6 heteroatoms. The highest BCUT2D eigenvalue weighted by Crippen LogP contribution is 2.29. The molecule has 0 unspecified atom stereocenters. The Hall–Kier alpha value is -1.92. The van der Waals surface area contributed by atoms with Crippen molar-refractivity contribution in [1.29, 1.82) is 0 Å². The molecule has 1 rings (SSSR count). The van der Waals surface area contributed by atoms with Gasteiger partial charge in [0.25, 0.3) is 0 Å². The smallest absolute Gasteiger partial charge is 0.325 e. The molecule has 6 nitrogen and oxygen atoms in total. The van der Waals surface area contributed by atoms with E-state index >= 15 is 0 Å². The molecule has 152 valence electrons. The van der Waals surface area contributed by atoms with Gasteiger partial charge < -0.3 is 19.5 Å². The Balaban J connectivity index is 2.85. The molecule has 1 aliphatic heterocycles. The van der Waals surface area contributed by atoms with Crippen molar-refractivity contribution < 1.29 is 23.8 Å². The molecule has 0 aromatic rings. The highest BCUT2D eigenvalue weighted by Gasteiger charge is 2.42. The van der Waals surface area contributed by atoms with E-state index in [-0.39, 0.29) is 24.5 Å². The summed E-state index contributed by atoms with van der Waals surface area (Å²) in [6.45, 7) is 7.79. The molecular formula is C21H33NO5. The number of hydrogen-bond acceptors (Lipinski definition) is 5. The summed E-state index contributed by atoms with van der Waals surface area (Å²) in [6.07, 6.45) is 10.9. The fraction of sp³-hybridized carbons (Fsp3) is 0.619. The summed E-state index contributed by atoms with van der Waals surface area (Å²) in [5.74, 6) is -0.701. The van der Waals surface area contributed by atoms with Gasteiger partial charge in [0, 0.05) is 20.0 Å². The van der Waals surface area contributed by atoms with E-state index in [1.807, 2.05) is 38.2 Å². The largest absolute Gasteiger partial charge is 0.455 e. The number of rotatable bonds is 9. The Morgan fingerprint density at radius 2 is 1.93 bits per heavy atom. The van der Waals surface area contributed by atoms with Crippen LogP contribution in [0.3, 0.4) is 0 Å². The van der Waals surface area contributed by atoms with Crippen molar-refractivity contribution in [1.82, 2.24) is 5.32 Å². The molecule has 0 spiro atoms. The summed E-state index contributed by atoms with van der Waals surface area (Å²) in [5.41, 5.74) is 0.946. The molecule has 0 bridgehead atoms. The zero-order chi connectivity index (χ0) is 20.2. The Kier molecular flexibility index (Phi) is 10.7. The van der Waals surface area contributed by atoms with Crippen LogP contribution in [-0.2, 0) is 23.8 Å². The lowest BCUT2D eigenvalue weighted by molar-refractivity contribution is -0.191. The topological polar surface area (TPSA) is 73.9 Å². The first-order valence-corrected chi connectivity index (χ1v) is 9.49. The van der Waals surface area contributed by atoms with Crippen LogP contribution in [-0.4, -0.2) is 50.4 Å². The minimum absolute atomic E-state index is 0.0881. The summed E-state index contributed by atoms with van der Waals surface area (Å²) in [6, 6.07) is 0. The van der Waals surface area contributed by atoms with Crippen molar-refractivity contribution in [3.8, 4) is 0 Å². The SMILES string of the molecule is CCC/C=C/C=C/C=C(\C)[C@@H]1OC[C@H](C)[C@@H](OC)[C@H]1OC(=O)CNC(C)=O. The van der Waals surface area contributed by atoms with Crippen LogP contribution in [0.2, 0.25) is 0 Å². The third-order valence-electron chi connectivity index (χ3n) is 4.36. The van der Waals surface area contributed by atoms with E-state index in [0.29, 0.717) is 6.61 Å². The maximum absolute atomic E-state index is 12.1. The molecule has 1 amide bonds. The molecule has 0 radical (unpaired) electrons. The van der Waals surface area contributed by atoms with E-state index in [9.17, 15) is 9.59 Å². The number of hydrogen-bond donors (Lipinski definition) is 1. The number of esters is 1. The summed E-state index contributed by atoms with van der Waals surface area (Å²) in [5, 5.41) is 2.45. The van der Waals surface area contributed by atoms with Gasteiger partial charge in [-0.25, -0.2) is 0 Å². The summed E-state index contributed by atoms with van der Waals surface area (Å²) in [4.78, 5) is 23.1. The van der Waals surface area contributed by atoms with Crippen molar-refractivity contribution in [2.45, 2.75) is 58.8 Å². The number of methoxy groups -OCH3 is 1. The van der Waals surface area contributed by atoms with E-state index < -0.39 is 18.2 Å². The van der Waals surface area contributed by atoms with E-state index in [1.54, 1.807) is 7.11 Å². The second kappa shape index (κ2) is 12.5. The second-order valence-electron chi connectivity index (χ2n) is 6.81. The van der Waals surface area contributed by atoms with Gasteiger partial charge in [-0.1, -0.05) is 50.6 Å². The maximum Gasteiger partial charge on any atom is 0.325 e. The van der Waals surface area contributed by atoms with Gasteiger partial charge in [0.2, 0.25) is 5.91 Å². The van der Waals surface area contributed by atoms with Gasteiger partial charge in [-0.05, 0) is 18.9 Å². The Morgan fingerprint density at radius 3 is 2.56 bits per heavy atom. The minimum Gasteiger partial charge on any atom is -0.455 e. The number of carbonyl (C=O) groups is 2. The summed E-state index contributed by atoms with van der Waals surface area (Å²) < 4.78 is 17.2. The molecule has 0 aromatic heterocycles. The summed E-state index contributed by atoms with van der Waals surface area (Å²) in [7, 11) is 1.61. The molecule has 0 aliphatic carbocycles. The van der Waals surface area contributed by atoms with Gasteiger partial charge in [-0.15, -0.1) is 0 Å².